The minimum absolute atomic E-state index is 0.0115. The fraction of sp³-hybridized carbons (Fsp3) is 0.333. The topological polar surface area (TPSA) is 42.0 Å². The van der Waals surface area contributed by atoms with Gasteiger partial charge in [-0.25, -0.2) is 9.37 Å². The zero-order valence-electron chi connectivity index (χ0n) is 11.4. The Labute approximate surface area is 121 Å². The molecule has 0 saturated carbocycles. The van der Waals surface area contributed by atoms with Gasteiger partial charge in [0.15, 0.2) is 0 Å². The Bertz CT molecular complexity index is 583. The Kier molecular flexibility index (Phi) is 5.24. The molecule has 0 atom stereocenters. The van der Waals surface area contributed by atoms with Crippen LogP contribution in [0.15, 0.2) is 29.6 Å². The summed E-state index contributed by atoms with van der Waals surface area (Å²) in [4.78, 5) is 16.0. The quantitative estimate of drug-likeness (QED) is 0.889. The lowest BCUT2D eigenvalue weighted by Crippen LogP contribution is -2.25. The number of carbonyl (C=O) groups excluding carboxylic acids is 1. The molecule has 2 rings (SSSR count). The molecular formula is C15H17FN2OS. The van der Waals surface area contributed by atoms with E-state index in [0.29, 0.717) is 19.4 Å². The van der Waals surface area contributed by atoms with Gasteiger partial charge in [0.25, 0.3) is 0 Å². The van der Waals surface area contributed by atoms with Crippen molar-refractivity contribution < 1.29 is 9.18 Å². The lowest BCUT2D eigenvalue weighted by atomic mass is 10.1. The Balaban J connectivity index is 1.68. The molecule has 5 heteroatoms. The van der Waals surface area contributed by atoms with Crippen LogP contribution >= 0.6 is 11.3 Å². The van der Waals surface area contributed by atoms with Crippen LogP contribution in [0.25, 0.3) is 0 Å². The van der Waals surface area contributed by atoms with Crippen LogP contribution in [0.1, 0.15) is 22.7 Å². The second-order valence-corrected chi connectivity index (χ2v) is 5.56. The standard InChI is InChI=1S/C15H17FN2OS/c1-11-10-20-15(18-11)7-8-17-14(19)6-5-12-3-2-4-13(16)9-12/h2-4,9-10H,5-8H2,1H3,(H,17,19). The van der Waals surface area contributed by atoms with E-state index in [4.69, 9.17) is 0 Å². The molecule has 1 N–H and O–H groups in total. The van der Waals surface area contributed by atoms with E-state index in [1.807, 2.05) is 18.4 Å². The van der Waals surface area contributed by atoms with Crippen molar-refractivity contribution in [1.82, 2.24) is 10.3 Å². The number of thiazole rings is 1. The van der Waals surface area contributed by atoms with E-state index in [-0.39, 0.29) is 11.7 Å². The van der Waals surface area contributed by atoms with Crippen molar-refractivity contribution in [2.75, 3.05) is 6.54 Å². The smallest absolute Gasteiger partial charge is 0.220 e. The number of carbonyl (C=O) groups is 1. The number of aryl methyl sites for hydroxylation is 2. The third-order valence-electron chi connectivity index (χ3n) is 2.86. The average molecular weight is 292 g/mol. The SMILES string of the molecule is Cc1csc(CCNC(=O)CCc2cccc(F)c2)n1. The van der Waals surface area contributed by atoms with Crippen molar-refractivity contribution in [3.05, 3.63) is 51.7 Å². The summed E-state index contributed by atoms with van der Waals surface area (Å²) in [6.45, 7) is 2.55. The van der Waals surface area contributed by atoms with Gasteiger partial charge in [-0.15, -0.1) is 11.3 Å². The van der Waals surface area contributed by atoms with Crippen LogP contribution < -0.4 is 5.32 Å². The number of hydrogen-bond donors (Lipinski definition) is 1. The molecule has 106 valence electrons. The number of rotatable bonds is 6. The van der Waals surface area contributed by atoms with Crippen LogP contribution in [0.5, 0.6) is 0 Å². The van der Waals surface area contributed by atoms with E-state index in [9.17, 15) is 9.18 Å². The normalized spacial score (nSPS) is 10.5. The highest BCUT2D eigenvalue weighted by molar-refractivity contribution is 7.09. The molecule has 20 heavy (non-hydrogen) atoms. The lowest BCUT2D eigenvalue weighted by Gasteiger charge is -2.04. The van der Waals surface area contributed by atoms with Crippen molar-refractivity contribution in [1.29, 1.82) is 0 Å². The minimum atomic E-state index is -0.262. The largest absolute Gasteiger partial charge is 0.356 e. The Morgan fingerprint density at radius 3 is 2.95 bits per heavy atom. The fourth-order valence-electron chi connectivity index (χ4n) is 1.87. The van der Waals surface area contributed by atoms with Gasteiger partial charge in [-0.1, -0.05) is 12.1 Å². The fourth-order valence-corrected chi connectivity index (χ4v) is 2.64. The molecule has 2 aromatic rings. The molecule has 1 aromatic carbocycles. The summed E-state index contributed by atoms with van der Waals surface area (Å²) < 4.78 is 13.0. The maximum atomic E-state index is 13.0. The van der Waals surface area contributed by atoms with Crippen molar-refractivity contribution >= 4 is 17.2 Å². The average Bonchev–Trinajstić information content (AvgIpc) is 2.82. The van der Waals surface area contributed by atoms with E-state index in [0.717, 1.165) is 22.7 Å². The molecule has 0 aliphatic carbocycles. The lowest BCUT2D eigenvalue weighted by molar-refractivity contribution is -0.121. The molecule has 0 aliphatic rings. The molecule has 0 spiro atoms. The molecule has 0 fully saturated rings. The van der Waals surface area contributed by atoms with E-state index >= 15 is 0 Å². The van der Waals surface area contributed by atoms with E-state index < -0.39 is 0 Å². The maximum Gasteiger partial charge on any atom is 0.220 e. The van der Waals surface area contributed by atoms with Crippen molar-refractivity contribution in [3.8, 4) is 0 Å². The zero-order chi connectivity index (χ0) is 14.4. The number of halogens is 1. The Morgan fingerprint density at radius 2 is 2.25 bits per heavy atom. The van der Waals surface area contributed by atoms with Gasteiger partial charge in [-0.05, 0) is 31.0 Å². The second-order valence-electron chi connectivity index (χ2n) is 4.61. The number of hydrogen-bond acceptors (Lipinski definition) is 3. The third-order valence-corrected chi connectivity index (χ3v) is 3.88. The molecular weight excluding hydrogens is 275 g/mol. The number of aromatic nitrogens is 1. The summed E-state index contributed by atoms with van der Waals surface area (Å²) in [6.07, 6.45) is 1.69. The second kappa shape index (κ2) is 7.14. The molecule has 0 aliphatic heterocycles. The van der Waals surface area contributed by atoms with Crippen molar-refractivity contribution in [2.45, 2.75) is 26.2 Å². The van der Waals surface area contributed by atoms with Gasteiger partial charge in [0.05, 0.1) is 5.01 Å². The predicted molar refractivity (Wildman–Crippen MR) is 78.3 cm³/mol. The van der Waals surface area contributed by atoms with Crippen LogP contribution in [0.4, 0.5) is 4.39 Å². The first kappa shape index (κ1) is 14.7. The number of benzene rings is 1. The van der Waals surface area contributed by atoms with Crippen LogP contribution in [0, 0.1) is 12.7 Å². The van der Waals surface area contributed by atoms with Gasteiger partial charge >= 0.3 is 0 Å². The van der Waals surface area contributed by atoms with Gasteiger partial charge in [0, 0.05) is 30.5 Å². The van der Waals surface area contributed by atoms with Crippen LogP contribution in [-0.4, -0.2) is 17.4 Å². The summed E-state index contributed by atoms with van der Waals surface area (Å²) >= 11 is 1.61. The monoisotopic (exact) mass is 292 g/mol. The highest BCUT2D eigenvalue weighted by Crippen LogP contribution is 2.09. The summed E-state index contributed by atoms with van der Waals surface area (Å²) in [5.74, 6) is -0.274. The van der Waals surface area contributed by atoms with Crippen molar-refractivity contribution in [3.63, 3.8) is 0 Å². The van der Waals surface area contributed by atoms with Gasteiger partial charge < -0.3 is 5.32 Å². The molecule has 1 amide bonds. The minimum Gasteiger partial charge on any atom is -0.356 e. The first-order valence-corrected chi connectivity index (χ1v) is 7.43. The highest BCUT2D eigenvalue weighted by Gasteiger charge is 2.04. The molecule has 1 aromatic heterocycles. The summed E-state index contributed by atoms with van der Waals surface area (Å²) in [5, 5.41) is 5.90. The number of nitrogens with zero attached hydrogens (tertiary/aromatic N) is 1. The zero-order valence-corrected chi connectivity index (χ0v) is 12.2. The summed E-state index contributed by atoms with van der Waals surface area (Å²) in [7, 11) is 0. The van der Waals surface area contributed by atoms with Gasteiger partial charge in [-0.3, -0.25) is 4.79 Å². The van der Waals surface area contributed by atoms with Crippen LogP contribution in [-0.2, 0) is 17.6 Å². The maximum absolute atomic E-state index is 13.0. The van der Waals surface area contributed by atoms with Crippen molar-refractivity contribution in [2.24, 2.45) is 0 Å². The predicted octanol–water partition coefficient (Wildman–Crippen LogP) is 2.88. The molecule has 0 unspecified atom stereocenters. The van der Waals surface area contributed by atoms with E-state index in [1.165, 1.54) is 12.1 Å². The van der Waals surface area contributed by atoms with Gasteiger partial charge in [0.2, 0.25) is 5.91 Å². The summed E-state index contributed by atoms with van der Waals surface area (Å²) in [5.41, 5.74) is 1.86. The third kappa shape index (κ3) is 4.74. The Morgan fingerprint density at radius 1 is 1.40 bits per heavy atom. The molecule has 0 saturated heterocycles. The molecule has 0 radical (unpaired) electrons. The molecule has 3 nitrogen and oxygen atoms in total. The highest BCUT2D eigenvalue weighted by atomic mass is 32.1. The van der Waals surface area contributed by atoms with E-state index in [1.54, 1.807) is 17.4 Å². The summed E-state index contributed by atoms with van der Waals surface area (Å²) in [6, 6.07) is 6.35. The number of amides is 1. The van der Waals surface area contributed by atoms with E-state index in [2.05, 4.69) is 10.3 Å². The molecule has 0 bridgehead atoms. The first-order valence-electron chi connectivity index (χ1n) is 6.55. The molecule has 1 heterocycles. The van der Waals surface area contributed by atoms with Crippen LogP contribution in [0.3, 0.4) is 0 Å². The number of nitrogens with one attached hydrogen (secondary N) is 1. The van der Waals surface area contributed by atoms with Crippen LogP contribution in [0.2, 0.25) is 0 Å². The first-order chi connectivity index (χ1) is 9.63. The van der Waals surface area contributed by atoms with Gasteiger partial charge in [0.1, 0.15) is 5.82 Å². The van der Waals surface area contributed by atoms with Gasteiger partial charge in [-0.2, -0.15) is 0 Å². The Hall–Kier alpha value is -1.75.